The highest BCUT2D eigenvalue weighted by molar-refractivity contribution is 7.16. The first-order valence-corrected chi connectivity index (χ1v) is 7.73. The van der Waals surface area contributed by atoms with Gasteiger partial charge in [-0.1, -0.05) is 30.1 Å². The highest BCUT2D eigenvalue weighted by atomic mass is 35.5. The van der Waals surface area contributed by atoms with Crippen molar-refractivity contribution in [1.82, 2.24) is 0 Å². The molecule has 0 saturated heterocycles. The fourth-order valence-corrected chi connectivity index (χ4v) is 2.83. The second kappa shape index (κ2) is 6.97. The molecular weight excluding hydrogens is 315 g/mol. The molecule has 0 atom stereocenters. The molecule has 0 bridgehead atoms. The maximum Gasteiger partial charge on any atom is 0.224 e. The van der Waals surface area contributed by atoms with Crippen LogP contribution in [0.2, 0.25) is 9.36 Å². The normalized spacial score (nSPS) is 10.3. The van der Waals surface area contributed by atoms with Gasteiger partial charge in [0.15, 0.2) is 0 Å². The summed E-state index contributed by atoms with van der Waals surface area (Å²) in [5.74, 6) is -0.0247. The van der Waals surface area contributed by atoms with E-state index in [0.29, 0.717) is 18.0 Å². The Balaban J connectivity index is 2.06. The number of anilines is 2. The first-order chi connectivity index (χ1) is 9.58. The Hall–Kier alpha value is -1.23. The van der Waals surface area contributed by atoms with Crippen LogP contribution in [0.5, 0.6) is 0 Å². The van der Waals surface area contributed by atoms with E-state index in [1.807, 2.05) is 25.1 Å². The van der Waals surface area contributed by atoms with Gasteiger partial charge >= 0.3 is 0 Å². The quantitative estimate of drug-likeness (QED) is 0.809. The smallest absolute Gasteiger partial charge is 0.224 e. The minimum Gasteiger partial charge on any atom is -0.379 e. The SMILES string of the molecule is CCC(=O)Nc1ccc(Cl)c(NCc2ccc(Cl)s2)c1. The van der Waals surface area contributed by atoms with Gasteiger partial charge in [0.25, 0.3) is 0 Å². The average molecular weight is 329 g/mol. The summed E-state index contributed by atoms with van der Waals surface area (Å²) in [5.41, 5.74) is 1.51. The monoisotopic (exact) mass is 328 g/mol. The summed E-state index contributed by atoms with van der Waals surface area (Å²) in [6, 6.07) is 9.20. The van der Waals surface area contributed by atoms with Gasteiger partial charge in [0.1, 0.15) is 0 Å². The number of amides is 1. The summed E-state index contributed by atoms with van der Waals surface area (Å²) in [6.07, 6.45) is 0.444. The van der Waals surface area contributed by atoms with E-state index in [-0.39, 0.29) is 5.91 Å². The predicted molar refractivity (Wildman–Crippen MR) is 87.0 cm³/mol. The maximum atomic E-state index is 11.4. The standard InChI is InChI=1S/C14H14Cl2N2OS/c1-2-14(19)18-9-3-5-11(15)12(7-9)17-8-10-4-6-13(16)20-10/h3-7,17H,2,8H2,1H3,(H,18,19). The van der Waals surface area contributed by atoms with Crippen LogP contribution in [-0.4, -0.2) is 5.91 Å². The number of benzene rings is 1. The van der Waals surface area contributed by atoms with Crippen LogP contribution in [-0.2, 0) is 11.3 Å². The number of rotatable bonds is 5. The molecule has 2 aromatic rings. The number of halogens is 2. The van der Waals surface area contributed by atoms with Crippen LogP contribution in [0.25, 0.3) is 0 Å². The largest absolute Gasteiger partial charge is 0.379 e. The maximum absolute atomic E-state index is 11.4. The number of nitrogens with one attached hydrogen (secondary N) is 2. The van der Waals surface area contributed by atoms with Gasteiger partial charge in [-0.3, -0.25) is 4.79 Å². The Morgan fingerprint density at radius 1 is 1.25 bits per heavy atom. The molecule has 1 amide bonds. The third-order valence-electron chi connectivity index (χ3n) is 2.65. The van der Waals surface area contributed by atoms with Crippen molar-refractivity contribution < 1.29 is 4.79 Å². The van der Waals surface area contributed by atoms with Gasteiger partial charge in [-0.05, 0) is 30.3 Å². The molecule has 0 radical (unpaired) electrons. The van der Waals surface area contributed by atoms with Crippen molar-refractivity contribution in [3.8, 4) is 0 Å². The third kappa shape index (κ3) is 4.13. The van der Waals surface area contributed by atoms with Gasteiger partial charge < -0.3 is 10.6 Å². The van der Waals surface area contributed by atoms with Crippen LogP contribution >= 0.6 is 34.5 Å². The Morgan fingerprint density at radius 3 is 2.70 bits per heavy atom. The van der Waals surface area contributed by atoms with Crippen LogP contribution in [0.4, 0.5) is 11.4 Å². The number of thiophene rings is 1. The molecule has 1 heterocycles. The van der Waals surface area contributed by atoms with E-state index in [9.17, 15) is 4.79 Å². The Morgan fingerprint density at radius 2 is 2.05 bits per heavy atom. The lowest BCUT2D eigenvalue weighted by atomic mass is 10.2. The Kier molecular flexibility index (Phi) is 5.29. The minimum absolute atomic E-state index is 0.0247. The molecule has 0 unspecified atom stereocenters. The van der Waals surface area contributed by atoms with Crippen LogP contribution in [0.15, 0.2) is 30.3 Å². The molecule has 2 N–H and O–H groups in total. The summed E-state index contributed by atoms with van der Waals surface area (Å²) in [4.78, 5) is 12.5. The molecule has 20 heavy (non-hydrogen) atoms. The molecule has 0 spiro atoms. The van der Waals surface area contributed by atoms with E-state index in [1.54, 1.807) is 12.1 Å². The molecule has 0 aliphatic rings. The van der Waals surface area contributed by atoms with Crippen molar-refractivity contribution in [1.29, 1.82) is 0 Å². The minimum atomic E-state index is -0.0247. The molecule has 1 aromatic carbocycles. The summed E-state index contributed by atoms with van der Waals surface area (Å²) in [7, 11) is 0. The zero-order valence-electron chi connectivity index (χ0n) is 10.9. The average Bonchev–Trinajstić information content (AvgIpc) is 2.85. The van der Waals surface area contributed by atoms with Gasteiger partial charge in [0.2, 0.25) is 5.91 Å². The molecule has 1 aromatic heterocycles. The molecule has 0 aliphatic heterocycles. The molecule has 2 rings (SSSR count). The predicted octanol–water partition coefficient (Wildman–Crippen LogP) is 5.02. The molecule has 6 heteroatoms. The van der Waals surface area contributed by atoms with Crippen LogP contribution in [0.1, 0.15) is 18.2 Å². The second-order valence-electron chi connectivity index (χ2n) is 4.16. The third-order valence-corrected chi connectivity index (χ3v) is 4.21. The highest BCUT2D eigenvalue weighted by Gasteiger charge is 2.05. The van der Waals surface area contributed by atoms with Gasteiger partial charge in [0, 0.05) is 23.5 Å². The molecule has 0 fully saturated rings. The van der Waals surface area contributed by atoms with Gasteiger partial charge in [-0.15, -0.1) is 11.3 Å². The van der Waals surface area contributed by atoms with Crippen molar-refractivity contribution in [3.05, 3.63) is 44.6 Å². The molecular formula is C14H14Cl2N2OS. The van der Waals surface area contributed by atoms with Crippen molar-refractivity contribution in [2.45, 2.75) is 19.9 Å². The van der Waals surface area contributed by atoms with Crippen molar-refractivity contribution in [2.75, 3.05) is 10.6 Å². The summed E-state index contributed by atoms with van der Waals surface area (Å²) < 4.78 is 0.761. The second-order valence-corrected chi connectivity index (χ2v) is 6.36. The van der Waals surface area contributed by atoms with E-state index >= 15 is 0 Å². The summed E-state index contributed by atoms with van der Waals surface area (Å²) in [6.45, 7) is 2.45. The number of hydrogen-bond donors (Lipinski definition) is 2. The van der Waals surface area contributed by atoms with E-state index < -0.39 is 0 Å². The van der Waals surface area contributed by atoms with E-state index in [2.05, 4.69) is 10.6 Å². The fraction of sp³-hybridized carbons (Fsp3) is 0.214. The van der Waals surface area contributed by atoms with Gasteiger partial charge in [-0.2, -0.15) is 0 Å². The number of carbonyl (C=O) groups excluding carboxylic acids is 1. The van der Waals surface area contributed by atoms with Crippen molar-refractivity contribution >= 4 is 51.8 Å². The van der Waals surface area contributed by atoms with Crippen molar-refractivity contribution in [2.24, 2.45) is 0 Å². The number of carbonyl (C=O) groups is 1. The first-order valence-electron chi connectivity index (χ1n) is 6.16. The topological polar surface area (TPSA) is 41.1 Å². The fourth-order valence-electron chi connectivity index (χ4n) is 1.62. The zero-order valence-corrected chi connectivity index (χ0v) is 13.2. The van der Waals surface area contributed by atoms with Gasteiger partial charge in [-0.25, -0.2) is 0 Å². The molecule has 106 valence electrons. The highest BCUT2D eigenvalue weighted by Crippen LogP contribution is 2.28. The van der Waals surface area contributed by atoms with E-state index in [4.69, 9.17) is 23.2 Å². The Bertz CT molecular complexity index is 613. The molecule has 0 saturated carbocycles. The lowest BCUT2D eigenvalue weighted by molar-refractivity contribution is -0.115. The van der Waals surface area contributed by atoms with Crippen LogP contribution in [0, 0.1) is 0 Å². The Labute approximate surface area is 131 Å². The van der Waals surface area contributed by atoms with Gasteiger partial charge in [0.05, 0.1) is 15.0 Å². The summed E-state index contributed by atoms with van der Waals surface area (Å²) in [5, 5.41) is 6.66. The van der Waals surface area contributed by atoms with Crippen LogP contribution in [0.3, 0.4) is 0 Å². The first kappa shape index (κ1) is 15.2. The lowest BCUT2D eigenvalue weighted by Gasteiger charge is -2.10. The van der Waals surface area contributed by atoms with E-state index in [1.165, 1.54) is 11.3 Å². The van der Waals surface area contributed by atoms with E-state index in [0.717, 1.165) is 20.6 Å². The molecule has 0 aliphatic carbocycles. The number of hydrogen-bond acceptors (Lipinski definition) is 3. The van der Waals surface area contributed by atoms with Crippen LogP contribution < -0.4 is 10.6 Å². The zero-order chi connectivity index (χ0) is 14.5. The molecule has 3 nitrogen and oxygen atoms in total. The lowest BCUT2D eigenvalue weighted by Crippen LogP contribution is -2.09. The summed E-state index contributed by atoms with van der Waals surface area (Å²) >= 11 is 13.6. The van der Waals surface area contributed by atoms with Crippen molar-refractivity contribution in [3.63, 3.8) is 0 Å².